The number of ether oxygens (including phenoxy) is 1. The van der Waals surface area contributed by atoms with Crippen molar-refractivity contribution in [3.8, 4) is 0 Å². The van der Waals surface area contributed by atoms with Crippen LogP contribution >= 0.6 is 0 Å². The van der Waals surface area contributed by atoms with E-state index >= 15 is 0 Å². The molecular formula is C12H15NO2. The summed E-state index contributed by atoms with van der Waals surface area (Å²) in [5.74, 6) is -0.244. The highest BCUT2D eigenvalue weighted by Crippen LogP contribution is 2.12. The molecule has 3 heteroatoms. The molecule has 0 radical (unpaired) electrons. The van der Waals surface area contributed by atoms with Crippen molar-refractivity contribution in [2.24, 2.45) is 0 Å². The SMILES string of the molecule is COC(=O)CC=Cc1cc(C)cc(N)c1. The molecule has 80 valence electrons. The second kappa shape index (κ2) is 5.20. The fourth-order valence-corrected chi connectivity index (χ4v) is 1.31. The summed E-state index contributed by atoms with van der Waals surface area (Å²) in [6.45, 7) is 1.98. The Balaban J connectivity index is 2.68. The zero-order chi connectivity index (χ0) is 11.3. The maximum absolute atomic E-state index is 10.8. The Morgan fingerprint density at radius 3 is 2.80 bits per heavy atom. The van der Waals surface area contributed by atoms with Crippen molar-refractivity contribution in [3.05, 3.63) is 35.4 Å². The molecule has 0 aromatic heterocycles. The van der Waals surface area contributed by atoms with Crippen molar-refractivity contribution in [3.63, 3.8) is 0 Å². The number of nitrogens with two attached hydrogens (primary N) is 1. The molecule has 0 saturated carbocycles. The molecular weight excluding hydrogens is 190 g/mol. The normalized spacial score (nSPS) is 10.5. The number of hydrogen-bond acceptors (Lipinski definition) is 3. The first kappa shape index (κ1) is 11.3. The quantitative estimate of drug-likeness (QED) is 0.607. The summed E-state index contributed by atoms with van der Waals surface area (Å²) in [5, 5.41) is 0. The standard InChI is InChI=1S/C12H15NO2/c1-9-6-10(8-11(13)7-9)4-3-5-12(14)15-2/h3-4,6-8H,5,13H2,1-2H3. The summed E-state index contributed by atoms with van der Waals surface area (Å²) in [6.07, 6.45) is 3.91. The number of esters is 1. The predicted molar refractivity (Wildman–Crippen MR) is 61.3 cm³/mol. The minimum absolute atomic E-state index is 0.244. The van der Waals surface area contributed by atoms with E-state index in [0.29, 0.717) is 0 Å². The van der Waals surface area contributed by atoms with Crippen molar-refractivity contribution >= 4 is 17.7 Å². The number of aryl methyl sites for hydroxylation is 1. The third-order valence-electron chi connectivity index (χ3n) is 1.94. The van der Waals surface area contributed by atoms with E-state index in [4.69, 9.17) is 5.73 Å². The van der Waals surface area contributed by atoms with Crippen molar-refractivity contribution in [2.75, 3.05) is 12.8 Å². The van der Waals surface area contributed by atoms with Gasteiger partial charge in [0.15, 0.2) is 0 Å². The predicted octanol–water partition coefficient (Wildman–Crippen LogP) is 2.15. The first-order chi connectivity index (χ1) is 7.11. The zero-order valence-corrected chi connectivity index (χ0v) is 8.99. The third kappa shape index (κ3) is 3.85. The van der Waals surface area contributed by atoms with Crippen LogP contribution in [0.3, 0.4) is 0 Å². The summed E-state index contributed by atoms with van der Waals surface area (Å²) in [7, 11) is 1.38. The molecule has 3 nitrogen and oxygen atoms in total. The molecule has 0 bridgehead atoms. The number of benzene rings is 1. The van der Waals surface area contributed by atoms with Crippen molar-refractivity contribution in [2.45, 2.75) is 13.3 Å². The second-order valence-electron chi connectivity index (χ2n) is 3.36. The number of nitrogen functional groups attached to an aromatic ring is 1. The Kier molecular flexibility index (Phi) is 3.92. The van der Waals surface area contributed by atoms with Crippen LogP contribution in [0.15, 0.2) is 24.3 Å². The number of rotatable bonds is 3. The van der Waals surface area contributed by atoms with Gasteiger partial charge in [0.1, 0.15) is 0 Å². The van der Waals surface area contributed by atoms with E-state index < -0.39 is 0 Å². The molecule has 0 heterocycles. The lowest BCUT2D eigenvalue weighted by Crippen LogP contribution is -1.96. The molecule has 1 aromatic rings. The highest BCUT2D eigenvalue weighted by molar-refractivity contribution is 5.72. The third-order valence-corrected chi connectivity index (χ3v) is 1.94. The van der Waals surface area contributed by atoms with Crippen LogP contribution in [-0.2, 0) is 9.53 Å². The van der Waals surface area contributed by atoms with E-state index in [0.717, 1.165) is 16.8 Å². The van der Waals surface area contributed by atoms with Crippen LogP contribution in [0.1, 0.15) is 17.5 Å². The molecule has 0 spiro atoms. The van der Waals surface area contributed by atoms with Gasteiger partial charge in [0.2, 0.25) is 0 Å². The molecule has 0 fully saturated rings. The molecule has 0 atom stereocenters. The van der Waals surface area contributed by atoms with Gasteiger partial charge in [0.05, 0.1) is 13.5 Å². The van der Waals surface area contributed by atoms with Gasteiger partial charge in [-0.15, -0.1) is 0 Å². The number of anilines is 1. The van der Waals surface area contributed by atoms with Crippen LogP contribution in [0.5, 0.6) is 0 Å². The Bertz CT molecular complexity index is 363. The lowest BCUT2D eigenvalue weighted by atomic mass is 10.1. The molecule has 2 N–H and O–H groups in total. The van der Waals surface area contributed by atoms with E-state index in [-0.39, 0.29) is 12.4 Å². The Hall–Kier alpha value is -1.77. The van der Waals surface area contributed by atoms with Gasteiger partial charge in [-0.1, -0.05) is 18.2 Å². The summed E-state index contributed by atoms with van der Waals surface area (Å²) >= 11 is 0. The highest BCUT2D eigenvalue weighted by Gasteiger charge is 1.95. The molecule has 0 saturated heterocycles. The minimum atomic E-state index is -0.244. The maximum atomic E-state index is 10.8. The van der Waals surface area contributed by atoms with E-state index in [9.17, 15) is 4.79 Å². The van der Waals surface area contributed by atoms with E-state index in [2.05, 4.69) is 4.74 Å². The molecule has 0 amide bonds. The van der Waals surface area contributed by atoms with E-state index in [1.54, 1.807) is 6.08 Å². The van der Waals surface area contributed by atoms with Gasteiger partial charge in [0, 0.05) is 5.69 Å². The van der Waals surface area contributed by atoms with Gasteiger partial charge in [-0.05, 0) is 30.2 Å². The van der Waals surface area contributed by atoms with Crippen LogP contribution < -0.4 is 5.73 Å². The van der Waals surface area contributed by atoms with Crippen LogP contribution in [0.4, 0.5) is 5.69 Å². The smallest absolute Gasteiger partial charge is 0.309 e. The summed E-state index contributed by atoms with van der Waals surface area (Å²) < 4.78 is 4.52. The second-order valence-corrected chi connectivity index (χ2v) is 3.36. The van der Waals surface area contributed by atoms with Gasteiger partial charge in [-0.25, -0.2) is 0 Å². The maximum Gasteiger partial charge on any atom is 0.309 e. The average molecular weight is 205 g/mol. The van der Waals surface area contributed by atoms with Gasteiger partial charge in [0.25, 0.3) is 0 Å². The number of carbonyl (C=O) groups is 1. The first-order valence-electron chi connectivity index (χ1n) is 4.72. The summed E-state index contributed by atoms with van der Waals surface area (Å²) in [4.78, 5) is 10.8. The molecule has 0 aliphatic carbocycles. The van der Waals surface area contributed by atoms with Crippen LogP contribution in [0, 0.1) is 6.92 Å². The fourth-order valence-electron chi connectivity index (χ4n) is 1.31. The molecule has 15 heavy (non-hydrogen) atoms. The van der Waals surface area contributed by atoms with Gasteiger partial charge >= 0.3 is 5.97 Å². The zero-order valence-electron chi connectivity index (χ0n) is 8.99. The molecule has 1 rings (SSSR count). The fraction of sp³-hybridized carbons (Fsp3) is 0.250. The van der Waals surface area contributed by atoms with Crippen LogP contribution in [-0.4, -0.2) is 13.1 Å². The first-order valence-corrected chi connectivity index (χ1v) is 4.72. The average Bonchev–Trinajstić information content (AvgIpc) is 2.16. The topological polar surface area (TPSA) is 52.3 Å². The summed E-state index contributed by atoms with van der Waals surface area (Å²) in [6, 6.07) is 5.77. The lowest BCUT2D eigenvalue weighted by Gasteiger charge is -1.99. The Labute approximate surface area is 89.5 Å². The van der Waals surface area contributed by atoms with Gasteiger partial charge in [-0.3, -0.25) is 4.79 Å². The highest BCUT2D eigenvalue weighted by atomic mass is 16.5. The molecule has 0 unspecified atom stereocenters. The van der Waals surface area contributed by atoms with Crippen molar-refractivity contribution in [1.29, 1.82) is 0 Å². The molecule has 0 aliphatic heterocycles. The van der Waals surface area contributed by atoms with E-state index in [1.807, 2.05) is 31.2 Å². The molecule has 1 aromatic carbocycles. The largest absolute Gasteiger partial charge is 0.469 e. The van der Waals surface area contributed by atoms with E-state index in [1.165, 1.54) is 7.11 Å². The van der Waals surface area contributed by atoms with Crippen molar-refractivity contribution < 1.29 is 9.53 Å². The Morgan fingerprint density at radius 2 is 2.20 bits per heavy atom. The molecule has 0 aliphatic rings. The number of carbonyl (C=O) groups excluding carboxylic acids is 1. The van der Waals surface area contributed by atoms with Gasteiger partial charge < -0.3 is 10.5 Å². The summed E-state index contributed by atoms with van der Waals surface area (Å²) in [5.41, 5.74) is 8.52. The minimum Gasteiger partial charge on any atom is -0.469 e. The number of methoxy groups -OCH3 is 1. The number of hydrogen-bond donors (Lipinski definition) is 1. The lowest BCUT2D eigenvalue weighted by molar-refractivity contribution is -0.139. The monoisotopic (exact) mass is 205 g/mol. The van der Waals surface area contributed by atoms with Gasteiger partial charge in [-0.2, -0.15) is 0 Å². The Morgan fingerprint density at radius 1 is 1.47 bits per heavy atom. The van der Waals surface area contributed by atoms with Crippen LogP contribution in [0.25, 0.3) is 6.08 Å². The van der Waals surface area contributed by atoms with Crippen molar-refractivity contribution in [1.82, 2.24) is 0 Å². The van der Waals surface area contributed by atoms with Crippen LogP contribution in [0.2, 0.25) is 0 Å².